The molecule has 3 N–H and O–H groups in total. The van der Waals surface area contributed by atoms with Crippen LogP contribution in [0.2, 0.25) is 0 Å². The summed E-state index contributed by atoms with van der Waals surface area (Å²) in [7, 11) is 0. The Kier molecular flexibility index (Phi) is 5.75. The SMILES string of the molecule is Cl.NCC(=O)N/N=C/c1ccc([N+](=O)[O-])o1. The number of nitrogens with zero attached hydrogens (tertiary/aromatic N) is 2. The molecule has 0 aromatic carbocycles. The largest absolute Gasteiger partial charge is 0.433 e. The van der Waals surface area contributed by atoms with Crippen LogP contribution in [0.3, 0.4) is 0 Å². The van der Waals surface area contributed by atoms with Crippen molar-refractivity contribution in [2.24, 2.45) is 10.8 Å². The molecular formula is C7H9ClN4O4. The number of carbonyl (C=O) groups excluding carboxylic acids is 1. The summed E-state index contributed by atoms with van der Waals surface area (Å²) in [6.07, 6.45) is 1.14. The van der Waals surface area contributed by atoms with E-state index in [1.807, 2.05) is 0 Å². The van der Waals surface area contributed by atoms with E-state index in [4.69, 9.17) is 10.2 Å². The van der Waals surface area contributed by atoms with E-state index in [0.717, 1.165) is 6.21 Å². The Bertz CT molecular complexity index is 403. The van der Waals surface area contributed by atoms with Crippen LogP contribution in [0.1, 0.15) is 5.76 Å². The molecule has 0 aliphatic heterocycles. The van der Waals surface area contributed by atoms with Crippen molar-refractivity contribution in [2.45, 2.75) is 0 Å². The van der Waals surface area contributed by atoms with Crippen LogP contribution >= 0.6 is 12.4 Å². The zero-order valence-corrected chi connectivity index (χ0v) is 8.77. The van der Waals surface area contributed by atoms with E-state index in [2.05, 4.69) is 10.5 Å². The van der Waals surface area contributed by atoms with Gasteiger partial charge in [-0.3, -0.25) is 14.9 Å². The molecule has 0 aliphatic rings. The van der Waals surface area contributed by atoms with Crippen LogP contribution in [0.5, 0.6) is 0 Å². The molecule has 88 valence electrons. The molecular weight excluding hydrogens is 240 g/mol. The molecule has 0 aliphatic carbocycles. The zero-order chi connectivity index (χ0) is 11.3. The van der Waals surface area contributed by atoms with Gasteiger partial charge in [0.1, 0.15) is 4.92 Å². The normalized spacial score (nSPS) is 9.81. The first kappa shape index (κ1) is 14.1. The molecule has 0 fully saturated rings. The van der Waals surface area contributed by atoms with Crippen LogP contribution < -0.4 is 11.2 Å². The average molecular weight is 249 g/mol. The third-order valence-corrected chi connectivity index (χ3v) is 1.36. The second-order valence-electron chi connectivity index (χ2n) is 2.43. The predicted octanol–water partition coefficient (Wildman–Crippen LogP) is 0.0184. The fourth-order valence-electron chi connectivity index (χ4n) is 0.723. The van der Waals surface area contributed by atoms with Gasteiger partial charge in [0.05, 0.1) is 18.8 Å². The van der Waals surface area contributed by atoms with Gasteiger partial charge in [0, 0.05) is 0 Å². The van der Waals surface area contributed by atoms with Gasteiger partial charge in [-0.05, 0) is 6.07 Å². The summed E-state index contributed by atoms with van der Waals surface area (Å²) in [5.74, 6) is -0.687. The number of halogens is 1. The van der Waals surface area contributed by atoms with Crippen molar-refractivity contribution in [3.8, 4) is 0 Å². The molecule has 0 saturated heterocycles. The quantitative estimate of drug-likeness (QED) is 0.441. The van der Waals surface area contributed by atoms with E-state index in [1.165, 1.54) is 12.1 Å². The second-order valence-corrected chi connectivity index (χ2v) is 2.43. The molecule has 1 aromatic rings. The predicted molar refractivity (Wildman–Crippen MR) is 57.4 cm³/mol. The summed E-state index contributed by atoms with van der Waals surface area (Å²) in [5, 5.41) is 13.7. The lowest BCUT2D eigenvalue weighted by Crippen LogP contribution is -2.26. The van der Waals surface area contributed by atoms with Gasteiger partial charge < -0.3 is 10.2 Å². The molecule has 8 nitrogen and oxygen atoms in total. The lowest BCUT2D eigenvalue weighted by molar-refractivity contribution is -0.402. The third kappa shape index (κ3) is 4.07. The fraction of sp³-hybridized carbons (Fsp3) is 0.143. The van der Waals surface area contributed by atoms with E-state index < -0.39 is 10.8 Å². The highest BCUT2D eigenvalue weighted by Gasteiger charge is 2.10. The lowest BCUT2D eigenvalue weighted by Gasteiger charge is -1.91. The Morgan fingerprint density at radius 3 is 2.88 bits per heavy atom. The molecule has 1 amide bonds. The first-order valence-electron chi connectivity index (χ1n) is 3.89. The number of nitro groups is 1. The van der Waals surface area contributed by atoms with Crippen molar-refractivity contribution in [3.63, 3.8) is 0 Å². The number of hydrazone groups is 1. The van der Waals surface area contributed by atoms with Crippen LogP contribution in [0, 0.1) is 10.1 Å². The summed E-state index contributed by atoms with van der Waals surface area (Å²) < 4.78 is 4.73. The number of furan rings is 1. The van der Waals surface area contributed by atoms with Gasteiger partial charge in [0.15, 0.2) is 5.76 Å². The second kappa shape index (κ2) is 6.53. The van der Waals surface area contributed by atoms with Gasteiger partial charge in [-0.25, -0.2) is 5.43 Å². The molecule has 0 spiro atoms. The number of rotatable bonds is 4. The summed E-state index contributed by atoms with van der Waals surface area (Å²) >= 11 is 0. The van der Waals surface area contributed by atoms with Crippen molar-refractivity contribution < 1.29 is 14.1 Å². The number of carbonyl (C=O) groups is 1. The maximum atomic E-state index is 10.6. The van der Waals surface area contributed by atoms with Gasteiger partial charge in [0.2, 0.25) is 0 Å². The van der Waals surface area contributed by atoms with Crippen molar-refractivity contribution in [1.29, 1.82) is 0 Å². The monoisotopic (exact) mass is 248 g/mol. The average Bonchev–Trinajstić information content (AvgIpc) is 2.66. The molecule has 1 rings (SSSR count). The van der Waals surface area contributed by atoms with E-state index in [1.54, 1.807) is 0 Å². The van der Waals surface area contributed by atoms with Crippen molar-refractivity contribution in [2.75, 3.05) is 6.54 Å². The maximum Gasteiger partial charge on any atom is 0.433 e. The Balaban J connectivity index is 0.00000225. The Hall–Kier alpha value is -1.93. The Morgan fingerprint density at radius 2 is 2.38 bits per heavy atom. The van der Waals surface area contributed by atoms with Gasteiger partial charge in [-0.15, -0.1) is 12.4 Å². The molecule has 0 radical (unpaired) electrons. The van der Waals surface area contributed by atoms with E-state index in [9.17, 15) is 14.9 Å². The Labute approximate surface area is 96.0 Å². The van der Waals surface area contributed by atoms with Crippen LogP contribution in [0.25, 0.3) is 0 Å². The zero-order valence-electron chi connectivity index (χ0n) is 7.95. The molecule has 0 bridgehead atoms. The first-order valence-corrected chi connectivity index (χ1v) is 3.89. The van der Waals surface area contributed by atoms with Crippen molar-refractivity contribution in [3.05, 3.63) is 28.0 Å². The van der Waals surface area contributed by atoms with E-state index in [0.29, 0.717) is 0 Å². The Morgan fingerprint density at radius 1 is 1.69 bits per heavy atom. The molecule has 1 heterocycles. The third-order valence-electron chi connectivity index (χ3n) is 1.36. The van der Waals surface area contributed by atoms with Crippen molar-refractivity contribution in [1.82, 2.24) is 5.43 Å². The minimum absolute atomic E-state index is 0. The van der Waals surface area contributed by atoms with E-state index >= 15 is 0 Å². The number of hydrogen-bond donors (Lipinski definition) is 2. The maximum absolute atomic E-state index is 10.6. The summed E-state index contributed by atoms with van der Waals surface area (Å²) in [6.45, 7) is -0.185. The van der Waals surface area contributed by atoms with Crippen LogP contribution in [0.15, 0.2) is 21.7 Å². The summed E-state index contributed by atoms with van der Waals surface area (Å²) in [6, 6.07) is 2.54. The van der Waals surface area contributed by atoms with E-state index in [-0.39, 0.29) is 30.6 Å². The number of hydrogen-bond acceptors (Lipinski definition) is 6. The summed E-state index contributed by atoms with van der Waals surface area (Å²) in [4.78, 5) is 20.2. The number of nitrogens with one attached hydrogen (secondary N) is 1. The molecule has 1 aromatic heterocycles. The van der Waals surface area contributed by atoms with Gasteiger partial charge in [-0.1, -0.05) is 0 Å². The highest BCUT2D eigenvalue weighted by atomic mass is 35.5. The molecule has 0 atom stereocenters. The first-order chi connectivity index (χ1) is 7.13. The van der Waals surface area contributed by atoms with Crippen LogP contribution in [0.4, 0.5) is 5.88 Å². The van der Waals surface area contributed by atoms with Gasteiger partial charge >= 0.3 is 5.88 Å². The highest BCUT2D eigenvalue weighted by molar-refractivity contribution is 5.85. The van der Waals surface area contributed by atoms with Gasteiger partial charge in [0.25, 0.3) is 5.91 Å². The molecule has 0 unspecified atom stereocenters. The molecule has 9 heteroatoms. The standard InChI is InChI=1S/C7H8N4O4.ClH/c8-3-6(12)10-9-4-5-1-2-7(15-5)11(13)14;/h1-2,4H,3,8H2,(H,10,12);1H/b9-4+;. The summed E-state index contributed by atoms with van der Waals surface area (Å²) in [5.41, 5.74) is 7.09. The van der Waals surface area contributed by atoms with Crippen LogP contribution in [-0.2, 0) is 4.79 Å². The highest BCUT2D eigenvalue weighted by Crippen LogP contribution is 2.13. The topological polar surface area (TPSA) is 124 Å². The minimum Gasteiger partial charge on any atom is -0.400 e. The minimum atomic E-state index is -0.671. The molecule has 16 heavy (non-hydrogen) atoms. The van der Waals surface area contributed by atoms with Crippen LogP contribution in [-0.4, -0.2) is 23.6 Å². The lowest BCUT2D eigenvalue weighted by atomic mass is 10.5. The van der Waals surface area contributed by atoms with Gasteiger partial charge in [-0.2, -0.15) is 5.10 Å². The molecule has 0 saturated carbocycles. The fourth-order valence-corrected chi connectivity index (χ4v) is 0.723. The number of amides is 1. The van der Waals surface area contributed by atoms with Crippen molar-refractivity contribution >= 4 is 30.4 Å². The number of nitrogens with two attached hydrogens (primary N) is 1. The smallest absolute Gasteiger partial charge is 0.400 e.